The van der Waals surface area contributed by atoms with Gasteiger partial charge < -0.3 is 10.4 Å². The number of carbonyl (C=O) groups is 1. The predicted molar refractivity (Wildman–Crippen MR) is 80.2 cm³/mol. The van der Waals surface area contributed by atoms with Crippen molar-refractivity contribution >= 4 is 17.5 Å². The summed E-state index contributed by atoms with van der Waals surface area (Å²) in [6.45, 7) is 3.92. The number of rotatable bonds is 3. The maximum atomic E-state index is 12.2. The quantitative estimate of drug-likeness (QED) is 0.902. The standard InChI is InChI=1S/C16H16ClNO2/c1-10-3-5-12(6-4-10)11(2)18-16(20)14-9-13(19)7-8-15(14)17/h3-9,11,19H,1-2H3,(H,18,20). The number of hydrogen-bond donors (Lipinski definition) is 2. The lowest BCUT2D eigenvalue weighted by Crippen LogP contribution is -2.26. The molecule has 4 heteroatoms. The molecule has 0 bridgehead atoms. The van der Waals surface area contributed by atoms with Crippen molar-refractivity contribution < 1.29 is 9.90 Å². The summed E-state index contributed by atoms with van der Waals surface area (Å²) in [7, 11) is 0. The van der Waals surface area contributed by atoms with Gasteiger partial charge in [0.25, 0.3) is 5.91 Å². The number of phenols is 1. The highest BCUT2D eigenvalue weighted by Crippen LogP contribution is 2.22. The zero-order valence-corrected chi connectivity index (χ0v) is 12.1. The summed E-state index contributed by atoms with van der Waals surface area (Å²) in [5.74, 6) is -0.290. The average Bonchev–Trinajstić information content (AvgIpc) is 2.42. The van der Waals surface area contributed by atoms with Gasteiger partial charge in [0.05, 0.1) is 16.6 Å². The van der Waals surface area contributed by atoms with E-state index >= 15 is 0 Å². The van der Waals surface area contributed by atoms with E-state index in [1.807, 2.05) is 38.1 Å². The number of carbonyl (C=O) groups excluding carboxylic acids is 1. The zero-order valence-electron chi connectivity index (χ0n) is 11.4. The molecule has 2 aromatic carbocycles. The van der Waals surface area contributed by atoms with E-state index in [4.69, 9.17) is 11.6 Å². The molecule has 0 aromatic heterocycles. The molecule has 1 atom stereocenters. The molecule has 1 unspecified atom stereocenters. The third kappa shape index (κ3) is 3.31. The predicted octanol–water partition coefficient (Wildman–Crippen LogP) is 3.85. The second kappa shape index (κ2) is 5.97. The van der Waals surface area contributed by atoms with Gasteiger partial charge in [0, 0.05) is 0 Å². The Morgan fingerprint density at radius 2 is 1.85 bits per heavy atom. The van der Waals surface area contributed by atoms with Crippen LogP contribution < -0.4 is 5.32 Å². The molecule has 0 aliphatic carbocycles. The van der Waals surface area contributed by atoms with Crippen molar-refractivity contribution in [3.05, 3.63) is 64.2 Å². The van der Waals surface area contributed by atoms with E-state index in [1.54, 1.807) is 0 Å². The molecule has 104 valence electrons. The van der Waals surface area contributed by atoms with Crippen LogP contribution in [0.1, 0.15) is 34.5 Å². The molecule has 2 aromatic rings. The Morgan fingerprint density at radius 1 is 1.20 bits per heavy atom. The monoisotopic (exact) mass is 289 g/mol. The third-order valence-corrected chi connectivity index (χ3v) is 3.45. The molecule has 0 aliphatic rings. The topological polar surface area (TPSA) is 49.3 Å². The highest BCUT2D eigenvalue weighted by molar-refractivity contribution is 6.33. The maximum Gasteiger partial charge on any atom is 0.253 e. The van der Waals surface area contributed by atoms with Crippen molar-refractivity contribution in [1.29, 1.82) is 0 Å². The van der Waals surface area contributed by atoms with Gasteiger partial charge in [0.15, 0.2) is 0 Å². The van der Waals surface area contributed by atoms with Crippen LogP contribution in [-0.4, -0.2) is 11.0 Å². The van der Waals surface area contributed by atoms with Crippen molar-refractivity contribution in [2.24, 2.45) is 0 Å². The van der Waals surface area contributed by atoms with Gasteiger partial charge in [0.1, 0.15) is 5.75 Å². The van der Waals surface area contributed by atoms with Crippen LogP contribution in [0.2, 0.25) is 5.02 Å². The zero-order chi connectivity index (χ0) is 14.7. The summed E-state index contributed by atoms with van der Waals surface area (Å²) < 4.78 is 0. The summed E-state index contributed by atoms with van der Waals surface area (Å²) in [5.41, 5.74) is 2.45. The Bertz CT molecular complexity index is 623. The second-order valence-electron chi connectivity index (χ2n) is 4.77. The summed E-state index contributed by atoms with van der Waals surface area (Å²) in [5, 5.41) is 12.6. The third-order valence-electron chi connectivity index (χ3n) is 3.12. The van der Waals surface area contributed by atoms with Crippen LogP contribution in [-0.2, 0) is 0 Å². The minimum Gasteiger partial charge on any atom is -0.508 e. The van der Waals surface area contributed by atoms with E-state index < -0.39 is 0 Å². The van der Waals surface area contributed by atoms with Crippen LogP contribution in [0.3, 0.4) is 0 Å². The van der Waals surface area contributed by atoms with E-state index in [1.165, 1.54) is 23.8 Å². The minimum absolute atomic E-state index is 0.0162. The molecule has 0 saturated carbocycles. The molecular weight excluding hydrogens is 274 g/mol. The molecule has 0 radical (unpaired) electrons. The number of aromatic hydroxyl groups is 1. The molecule has 3 nitrogen and oxygen atoms in total. The molecule has 0 heterocycles. The van der Waals surface area contributed by atoms with E-state index in [9.17, 15) is 9.90 Å². The Morgan fingerprint density at radius 3 is 2.50 bits per heavy atom. The Kier molecular flexibility index (Phi) is 4.30. The smallest absolute Gasteiger partial charge is 0.253 e. The van der Waals surface area contributed by atoms with Crippen LogP contribution in [0.15, 0.2) is 42.5 Å². The van der Waals surface area contributed by atoms with Crippen molar-refractivity contribution in [2.45, 2.75) is 19.9 Å². The number of aryl methyl sites for hydroxylation is 1. The van der Waals surface area contributed by atoms with E-state index in [0.29, 0.717) is 5.02 Å². The highest BCUT2D eigenvalue weighted by Gasteiger charge is 2.14. The molecule has 20 heavy (non-hydrogen) atoms. The fraction of sp³-hybridized carbons (Fsp3) is 0.188. The number of benzene rings is 2. The first kappa shape index (κ1) is 14.4. The van der Waals surface area contributed by atoms with Crippen LogP contribution in [0.4, 0.5) is 0 Å². The number of nitrogens with one attached hydrogen (secondary N) is 1. The van der Waals surface area contributed by atoms with Crippen molar-refractivity contribution in [1.82, 2.24) is 5.32 Å². The van der Waals surface area contributed by atoms with Gasteiger partial charge in [0.2, 0.25) is 0 Å². The van der Waals surface area contributed by atoms with E-state index in [2.05, 4.69) is 5.32 Å². The van der Waals surface area contributed by atoms with Gasteiger partial charge in [-0.1, -0.05) is 41.4 Å². The van der Waals surface area contributed by atoms with Gasteiger partial charge in [-0.2, -0.15) is 0 Å². The van der Waals surface area contributed by atoms with E-state index in [0.717, 1.165) is 5.56 Å². The number of amides is 1. The Hall–Kier alpha value is -2.00. The second-order valence-corrected chi connectivity index (χ2v) is 5.18. The van der Waals surface area contributed by atoms with Gasteiger partial charge in [-0.05, 0) is 37.6 Å². The number of phenolic OH excluding ortho intramolecular Hbond substituents is 1. The molecule has 0 spiro atoms. The first-order chi connectivity index (χ1) is 9.47. The first-order valence-corrected chi connectivity index (χ1v) is 6.71. The van der Waals surface area contributed by atoms with Gasteiger partial charge in [-0.15, -0.1) is 0 Å². The Balaban J connectivity index is 2.15. The molecule has 0 saturated heterocycles. The SMILES string of the molecule is Cc1ccc(C(C)NC(=O)c2cc(O)ccc2Cl)cc1. The highest BCUT2D eigenvalue weighted by atomic mass is 35.5. The van der Waals surface area contributed by atoms with Crippen molar-refractivity contribution in [3.63, 3.8) is 0 Å². The van der Waals surface area contributed by atoms with Crippen molar-refractivity contribution in [3.8, 4) is 5.75 Å². The summed E-state index contributed by atoms with van der Waals surface area (Å²) >= 11 is 5.97. The first-order valence-electron chi connectivity index (χ1n) is 6.33. The minimum atomic E-state index is -0.307. The van der Waals surface area contributed by atoms with Crippen LogP contribution in [0.25, 0.3) is 0 Å². The normalized spacial score (nSPS) is 11.9. The molecule has 1 amide bonds. The maximum absolute atomic E-state index is 12.2. The summed E-state index contributed by atoms with van der Waals surface area (Å²) in [4.78, 5) is 12.2. The number of halogens is 1. The lowest BCUT2D eigenvalue weighted by Gasteiger charge is -2.15. The van der Waals surface area contributed by atoms with Crippen molar-refractivity contribution in [2.75, 3.05) is 0 Å². The number of hydrogen-bond acceptors (Lipinski definition) is 2. The van der Waals surface area contributed by atoms with E-state index in [-0.39, 0.29) is 23.3 Å². The van der Waals surface area contributed by atoms with Crippen LogP contribution >= 0.6 is 11.6 Å². The summed E-state index contributed by atoms with van der Waals surface area (Å²) in [6.07, 6.45) is 0. The van der Waals surface area contributed by atoms with Gasteiger partial charge in [-0.3, -0.25) is 4.79 Å². The van der Waals surface area contributed by atoms with Gasteiger partial charge >= 0.3 is 0 Å². The molecular formula is C16H16ClNO2. The molecule has 0 aliphatic heterocycles. The van der Waals surface area contributed by atoms with Crippen LogP contribution in [0.5, 0.6) is 5.75 Å². The molecule has 0 fully saturated rings. The molecule has 2 rings (SSSR count). The lowest BCUT2D eigenvalue weighted by molar-refractivity contribution is 0.0939. The largest absolute Gasteiger partial charge is 0.508 e. The summed E-state index contributed by atoms with van der Waals surface area (Å²) in [6, 6.07) is 12.1. The fourth-order valence-corrected chi connectivity index (χ4v) is 2.10. The fourth-order valence-electron chi connectivity index (χ4n) is 1.90. The molecule has 2 N–H and O–H groups in total. The van der Waals surface area contributed by atoms with Crippen LogP contribution in [0, 0.1) is 6.92 Å². The van der Waals surface area contributed by atoms with Gasteiger partial charge in [-0.25, -0.2) is 0 Å². The lowest BCUT2D eigenvalue weighted by atomic mass is 10.1. The Labute approximate surface area is 123 Å². The average molecular weight is 290 g/mol.